The zero-order chi connectivity index (χ0) is 24.1. The SMILES string of the molecule is CCCOc1ccc(-c2cc(C)cc(C)c2)cc1C(=O)N[C@H](CO)Cc1c[nH]c2ccccc12.[HH]. The van der Waals surface area contributed by atoms with Crippen LogP contribution in [0.5, 0.6) is 5.75 Å². The molecule has 1 amide bonds. The van der Waals surface area contributed by atoms with Crippen molar-refractivity contribution in [3.05, 3.63) is 89.1 Å². The van der Waals surface area contributed by atoms with Gasteiger partial charge in [0, 0.05) is 18.5 Å². The second-order valence-corrected chi connectivity index (χ2v) is 8.85. The number of aromatic nitrogens is 1. The molecule has 1 heterocycles. The lowest BCUT2D eigenvalue weighted by Crippen LogP contribution is -2.39. The van der Waals surface area contributed by atoms with Crippen molar-refractivity contribution in [1.29, 1.82) is 0 Å². The van der Waals surface area contributed by atoms with Gasteiger partial charge in [-0.05, 0) is 61.6 Å². The fraction of sp³-hybridized carbons (Fsp3) is 0.276. The highest BCUT2D eigenvalue weighted by Crippen LogP contribution is 2.29. The van der Waals surface area contributed by atoms with Gasteiger partial charge in [-0.2, -0.15) is 0 Å². The molecule has 5 nitrogen and oxygen atoms in total. The minimum atomic E-state index is -0.421. The standard InChI is InChI=1S/C29H32N2O3.H2/c1-4-11-34-28-10-9-21(22-13-19(2)12-20(3)14-22)16-26(28)29(33)31-24(18-32)15-23-17-30-27-8-6-5-7-25(23)27;/h5-10,12-14,16-17,24,30,32H,4,11,15,18H2,1-3H3,(H,31,33);1H/t24-;/m0./s1. The largest absolute Gasteiger partial charge is 0.493 e. The third-order valence-electron chi connectivity index (χ3n) is 5.94. The second kappa shape index (κ2) is 10.6. The predicted octanol–water partition coefficient (Wildman–Crippen LogP) is 5.82. The lowest BCUT2D eigenvalue weighted by atomic mass is 9.98. The van der Waals surface area contributed by atoms with Crippen molar-refractivity contribution >= 4 is 16.8 Å². The van der Waals surface area contributed by atoms with Gasteiger partial charge in [0.2, 0.25) is 0 Å². The zero-order valence-electron chi connectivity index (χ0n) is 20.0. The second-order valence-electron chi connectivity index (χ2n) is 8.85. The van der Waals surface area contributed by atoms with Gasteiger partial charge in [0.25, 0.3) is 5.91 Å². The van der Waals surface area contributed by atoms with Gasteiger partial charge >= 0.3 is 0 Å². The molecule has 4 rings (SSSR count). The number of nitrogens with one attached hydrogen (secondary N) is 2. The number of rotatable bonds is 9. The molecule has 5 heteroatoms. The van der Waals surface area contributed by atoms with Gasteiger partial charge in [-0.3, -0.25) is 4.79 Å². The number of para-hydroxylation sites is 1. The molecule has 3 aromatic carbocycles. The molecule has 0 aliphatic rings. The molecule has 0 bridgehead atoms. The van der Waals surface area contributed by atoms with Crippen LogP contribution in [-0.4, -0.2) is 35.3 Å². The van der Waals surface area contributed by atoms with Crippen LogP contribution in [0.15, 0.2) is 66.9 Å². The Kier molecular flexibility index (Phi) is 7.33. The minimum absolute atomic E-state index is 0. The van der Waals surface area contributed by atoms with Crippen LogP contribution in [-0.2, 0) is 6.42 Å². The van der Waals surface area contributed by atoms with Crippen LogP contribution in [0.25, 0.3) is 22.0 Å². The van der Waals surface area contributed by atoms with Crippen molar-refractivity contribution in [2.45, 2.75) is 39.7 Å². The van der Waals surface area contributed by atoms with Gasteiger partial charge in [-0.1, -0.05) is 60.5 Å². The summed E-state index contributed by atoms with van der Waals surface area (Å²) in [5, 5.41) is 14.2. The molecule has 0 spiro atoms. The lowest BCUT2D eigenvalue weighted by Gasteiger charge is -2.18. The molecule has 0 aliphatic carbocycles. The predicted molar refractivity (Wildman–Crippen MR) is 140 cm³/mol. The van der Waals surface area contributed by atoms with Crippen LogP contribution in [0.1, 0.15) is 41.8 Å². The molecule has 1 aromatic heterocycles. The van der Waals surface area contributed by atoms with Crippen molar-refractivity contribution < 1.29 is 16.1 Å². The number of H-pyrrole nitrogens is 1. The van der Waals surface area contributed by atoms with E-state index in [1.165, 1.54) is 11.1 Å². The lowest BCUT2D eigenvalue weighted by molar-refractivity contribution is 0.0912. The highest BCUT2D eigenvalue weighted by molar-refractivity contribution is 5.98. The summed E-state index contributed by atoms with van der Waals surface area (Å²) >= 11 is 0. The number of hydrogen-bond acceptors (Lipinski definition) is 3. The molecule has 4 aromatic rings. The number of amides is 1. The highest BCUT2D eigenvalue weighted by atomic mass is 16.5. The van der Waals surface area contributed by atoms with Crippen molar-refractivity contribution in [3.63, 3.8) is 0 Å². The number of aliphatic hydroxyl groups excluding tert-OH is 1. The molecule has 0 saturated heterocycles. The van der Waals surface area contributed by atoms with E-state index in [1.54, 1.807) is 0 Å². The van der Waals surface area contributed by atoms with E-state index in [9.17, 15) is 9.90 Å². The first-order valence-corrected chi connectivity index (χ1v) is 11.8. The summed E-state index contributed by atoms with van der Waals surface area (Å²) in [6, 6.07) is 19.7. The summed E-state index contributed by atoms with van der Waals surface area (Å²) < 4.78 is 5.90. The Morgan fingerprint density at radius 1 is 1.06 bits per heavy atom. The quantitative estimate of drug-likeness (QED) is 0.296. The fourth-order valence-corrected chi connectivity index (χ4v) is 4.36. The molecule has 0 saturated carbocycles. The van der Waals surface area contributed by atoms with Crippen molar-refractivity contribution in [2.75, 3.05) is 13.2 Å². The molecular formula is C29H34N2O3. The Labute approximate surface area is 202 Å². The summed E-state index contributed by atoms with van der Waals surface area (Å²) in [5.74, 6) is 0.299. The van der Waals surface area contributed by atoms with E-state index in [-0.39, 0.29) is 13.9 Å². The first-order valence-electron chi connectivity index (χ1n) is 11.8. The number of hydrogen-bond donors (Lipinski definition) is 3. The molecule has 0 radical (unpaired) electrons. The summed E-state index contributed by atoms with van der Waals surface area (Å²) in [7, 11) is 0. The Balaban J connectivity index is 0.00000342. The normalized spacial score (nSPS) is 12.0. The van der Waals surface area contributed by atoms with Crippen LogP contribution in [0.2, 0.25) is 0 Å². The minimum Gasteiger partial charge on any atom is -0.493 e. The van der Waals surface area contributed by atoms with Crippen molar-refractivity contribution in [3.8, 4) is 16.9 Å². The summed E-state index contributed by atoms with van der Waals surface area (Å²) in [5.41, 5.74) is 6.93. The smallest absolute Gasteiger partial charge is 0.255 e. The molecule has 0 aliphatic heterocycles. The molecule has 0 unspecified atom stereocenters. The van der Waals surface area contributed by atoms with E-state index in [0.717, 1.165) is 34.0 Å². The Morgan fingerprint density at radius 2 is 1.82 bits per heavy atom. The molecule has 34 heavy (non-hydrogen) atoms. The van der Waals surface area contributed by atoms with Crippen LogP contribution in [0.3, 0.4) is 0 Å². The molecular weight excluding hydrogens is 424 g/mol. The van der Waals surface area contributed by atoms with Crippen LogP contribution in [0.4, 0.5) is 0 Å². The average Bonchev–Trinajstić information content (AvgIpc) is 3.24. The number of aliphatic hydroxyl groups is 1. The summed E-state index contributed by atoms with van der Waals surface area (Å²) in [4.78, 5) is 16.7. The van der Waals surface area contributed by atoms with E-state index < -0.39 is 6.04 Å². The maximum Gasteiger partial charge on any atom is 0.255 e. The summed E-state index contributed by atoms with van der Waals surface area (Å²) in [6.07, 6.45) is 3.31. The number of aryl methyl sites for hydroxylation is 2. The highest BCUT2D eigenvalue weighted by Gasteiger charge is 2.19. The van der Waals surface area contributed by atoms with Crippen LogP contribution >= 0.6 is 0 Å². The van der Waals surface area contributed by atoms with Gasteiger partial charge in [0.15, 0.2) is 0 Å². The fourth-order valence-electron chi connectivity index (χ4n) is 4.36. The van der Waals surface area contributed by atoms with Crippen molar-refractivity contribution in [2.24, 2.45) is 0 Å². The van der Waals surface area contributed by atoms with Crippen LogP contribution < -0.4 is 10.1 Å². The summed E-state index contributed by atoms with van der Waals surface area (Å²) in [6.45, 7) is 6.54. The van der Waals surface area contributed by atoms with E-state index in [4.69, 9.17) is 4.74 Å². The average molecular weight is 459 g/mol. The Hall–Kier alpha value is -3.57. The van der Waals surface area contributed by atoms with Gasteiger partial charge in [-0.25, -0.2) is 0 Å². The first-order chi connectivity index (χ1) is 16.5. The monoisotopic (exact) mass is 458 g/mol. The van der Waals surface area contributed by atoms with Gasteiger partial charge < -0.3 is 20.1 Å². The molecule has 1 atom stereocenters. The number of fused-ring (bicyclic) bond motifs is 1. The zero-order valence-corrected chi connectivity index (χ0v) is 20.0. The molecule has 0 fully saturated rings. The molecule has 178 valence electrons. The number of carbonyl (C=O) groups is 1. The van der Waals surface area contributed by atoms with Gasteiger partial charge in [0.1, 0.15) is 5.75 Å². The van der Waals surface area contributed by atoms with E-state index in [2.05, 4.69) is 42.3 Å². The van der Waals surface area contributed by atoms with E-state index >= 15 is 0 Å². The van der Waals surface area contributed by atoms with Gasteiger partial charge in [0.05, 0.1) is 24.8 Å². The third kappa shape index (κ3) is 5.32. The number of ether oxygens (including phenoxy) is 1. The van der Waals surface area contributed by atoms with Crippen molar-refractivity contribution in [1.82, 2.24) is 10.3 Å². The molecule has 3 N–H and O–H groups in total. The van der Waals surface area contributed by atoms with Crippen LogP contribution in [0, 0.1) is 13.8 Å². The Bertz CT molecular complexity index is 1280. The topological polar surface area (TPSA) is 74.3 Å². The third-order valence-corrected chi connectivity index (χ3v) is 5.94. The number of carbonyl (C=O) groups excluding carboxylic acids is 1. The van der Waals surface area contributed by atoms with Gasteiger partial charge in [-0.15, -0.1) is 0 Å². The number of aromatic amines is 1. The van der Waals surface area contributed by atoms with E-state index in [1.807, 2.05) is 55.6 Å². The maximum atomic E-state index is 13.4. The maximum absolute atomic E-state index is 13.4. The number of benzene rings is 3. The first kappa shape index (κ1) is 23.6. The Morgan fingerprint density at radius 3 is 2.56 bits per heavy atom. The van der Waals surface area contributed by atoms with E-state index in [0.29, 0.717) is 24.3 Å².